The molecule has 8 amide bonds. The highest BCUT2D eigenvalue weighted by Gasteiger charge is 2.38. The van der Waals surface area contributed by atoms with Gasteiger partial charge in [-0.15, -0.1) is 0 Å². The number of hydrogen-bond donors (Lipinski definition) is 11. The lowest BCUT2D eigenvalue weighted by Crippen LogP contribution is -2.62. The minimum Gasteiger partial charge on any atom is -0.480 e. The average molecular weight is 1160 g/mol. The standard InChI is InChI=1S/C64H94N10O10/c1-13-39(10)52(65)60(79)73-55(41(12)15-3)63(82)74-54(40(11)14-2)62(81)70-47(30-36(4)5)56(75)68-49(32-42-24-18-16-19-25-42)57(76)69-50(34-44-35-66-46-29-23-22-28-45(44)46)58(77)67-48(31-37(6)7)59(78)72-53(38(8)9)61(80)71-51(64(83)84)33-43-26-20-17-21-27-43/h16-29,35-41,47-55,66H,13-15,30-34,65H2,1-12H3,(H,67,77)(H,68,75)(H,69,76)(H,70,81)(H,71,80)(H,72,78)(H,73,79)(H,74,82)(H,83,84)/t39-,40-,41-,47-,48-,49-,50-,51-,52-,53-,54-,55-/m0/s1. The number of carboxylic acid groups (broad SMARTS) is 1. The molecule has 20 nitrogen and oxygen atoms in total. The van der Waals surface area contributed by atoms with Crippen LogP contribution in [0.5, 0.6) is 0 Å². The first-order chi connectivity index (χ1) is 39.8. The van der Waals surface area contributed by atoms with Crippen LogP contribution in [-0.2, 0) is 62.4 Å². The molecule has 0 unspecified atom stereocenters. The van der Waals surface area contributed by atoms with Crippen LogP contribution in [0.15, 0.2) is 91.1 Å². The van der Waals surface area contributed by atoms with Gasteiger partial charge in [-0.1, -0.05) is 181 Å². The maximum Gasteiger partial charge on any atom is 0.326 e. The van der Waals surface area contributed by atoms with Crippen LogP contribution in [-0.4, -0.2) is 118 Å². The Bertz CT molecular complexity index is 2810. The summed E-state index contributed by atoms with van der Waals surface area (Å²) in [6.07, 6.45) is 3.52. The van der Waals surface area contributed by atoms with Gasteiger partial charge in [0.15, 0.2) is 0 Å². The second-order valence-electron chi connectivity index (χ2n) is 23.7. The Morgan fingerprint density at radius 1 is 0.429 bits per heavy atom. The van der Waals surface area contributed by atoms with E-state index in [-0.39, 0.29) is 55.8 Å². The van der Waals surface area contributed by atoms with Crippen molar-refractivity contribution in [1.82, 2.24) is 47.5 Å². The number of benzene rings is 3. The van der Waals surface area contributed by atoms with Crippen LogP contribution < -0.4 is 48.3 Å². The van der Waals surface area contributed by atoms with Gasteiger partial charge in [0.1, 0.15) is 48.3 Å². The Kier molecular flexibility index (Phi) is 27.6. The van der Waals surface area contributed by atoms with E-state index in [0.717, 1.165) is 10.9 Å². The Morgan fingerprint density at radius 2 is 0.798 bits per heavy atom. The maximum absolute atomic E-state index is 15.0. The number of aliphatic carboxylic acids is 1. The van der Waals surface area contributed by atoms with Gasteiger partial charge in [0.25, 0.3) is 0 Å². The molecule has 4 aromatic rings. The summed E-state index contributed by atoms with van der Waals surface area (Å²) in [6, 6.07) is 14.6. The van der Waals surface area contributed by atoms with Crippen molar-refractivity contribution in [3.05, 3.63) is 108 Å². The largest absolute Gasteiger partial charge is 0.480 e. The van der Waals surface area contributed by atoms with Gasteiger partial charge >= 0.3 is 5.97 Å². The van der Waals surface area contributed by atoms with Gasteiger partial charge in [-0.25, -0.2) is 4.79 Å². The Labute approximate surface area is 495 Å². The molecule has 0 fully saturated rings. The van der Waals surface area contributed by atoms with Crippen LogP contribution in [0.4, 0.5) is 0 Å². The van der Waals surface area contributed by atoms with Crippen molar-refractivity contribution in [1.29, 1.82) is 0 Å². The number of H-pyrrole nitrogens is 1. The number of para-hydroxylation sites is 1. The molecule has 0 aliphatic heterocycles. The number of aromatic nitrogens is 1. The third-order valence-electron chi connectivity index (χ3n) is 15.6. The molecule has 1 aromatic heterocycles. The van der Waals surface area contributed by atoms with E-state index in [2.05, 4.69) is 47.5 Å². The molecule has 20 heteroatoms. The maximum atomic E-state index is 15.0. The first-order valence-electron chi connectivity index (χ1n) is 29.8. The number of hydrogen-bond acceptors (Lipinski definition) is 10. The molecule has 0 bridgehead atoms. The minimum absolute atomic E-state index is 0.000464. The molecule has 12 N–H and O–H groups in total. The zero-order valence-electron chi connectivity index (χ0n) is 51.2. The molecule has 0 aliphatic carbocycles. The molecular formula is C64H94N10O10. The van der Waals surface area contributed by atoms with Crippen molar-refractivity contribution >= 4 is 64.1 Å². The SMILES string of the molecule is CC[C@H](C)[C@H](N)C(=O)N[C@H](C(=O)N[C@H](C(=O)N[C@@H](CC(C)C)C(=O)N[C@@H](Cc1ccccc1)C(=O)N[C@@H](Cc1c[nH]c2ccccc12)C(=O)N[C@@H](CC(C)C)C(=O)N[C@H](C(=O)N[C@@H](Cc1ccccc1)C(=O)O)C(C)C)[C@@H](C)CC)[C@@H](C)CC. The van der Waals surface area contributed by atoms with E-state index in [1.54, 1.807) is 87.6 Å². The van der Waals surface area contributed by atoms with E-state index in [9.17, 15) is 43.5 Å². The van der Waals surface area contributed by atoms with Crippen LogP contribution in [0.2, 0.25) is 0 Å². The monoisotopic (exact) mass is 1160 g/mol. The average Bonchev–Trinajstić information content (AvgIpc) is 4.07. The summed E-state index contributed by atoms with van der Waals surface area (Å²) in [5.41, 5.74) is 9.04. The molecule has 12 atom stereocenters. The number of carbonyl (C=O) groups excluding carboxylic acids is 8. The summed E-state index contributed by atoms with van der Waals surface area (Å²) >= 11 is 0. The number of fused-ring (bicyclic) bond motifs is 1. The Balaban J connectivity index is 1.67. The normalized spacial score (nSPS) is 15.8. The topological polar surface area (TPSA) is 312 Å². The summed E-state index contributed by atoms with van der Waals surface area (Å²) in [6.45, 7) is 22.0. The van der Waals surface area contributed by atoms with Gasteiger partial charge in [-0.2, -0.15) is 0 Å². The van der Waals surface area contributed by atoms with E-state index in [4.69, 9.17) is 5.73 Å². The van der Waals surface area contributed by atoms with Crippen molar-refractivity contribution in [3.8, 4) is 0 Å². The predicted octanol–water partition coefficient (Wildman–Crippen LogP) is 5.37. The highest BCUT2D eigenvalue weighted by Crippen LogP contribution is 2.21. The van der Waals surface area contributed by atoms with Gasteiger partial charge in [0, 0.05) is 36.4 Å². The van der Waals surface area contributed by atoms with Crippen molar-refractivity contribution in [3.63, 3.8) is 0 Å². The molecule has 1 heterocycles. The first-order valence-corrected chi connectivity index (χ1v) is 29.8. The molecule has 4 rings (SSSR count). The third-order valence-corrected chi connectivity index (χ3v) is 15.6. The minimum atomic E-state index is -1.35. The fourth-order valence-corrected chi connectivity index (χ4v) is 9.78. The molecule has 3 aromatic carbocycles. The summed E-state index contributed by atoms with van der Waals surface area (Å²) < 4.78 is 0. The quantitative estimate of drug-likeness (QED) is 0.0282. The molecular weight excluding hydrogens is 1070 g/mol. The van der Waals surface area contributed by atoms with Crippen LogP contribution >= 0.6 is 0 Å². The Morgan fingerprint density at radius 3 is 1.27 bits per heavy atom. The highest BCUT2D eigenvalue weighted by atomic mass is 16.4. The third kappa shape index (κ3) is 20.9. The predicted molar refractivity (Wildman–Crippen MR) is 325 cm³/mol. The van der Waals surface area contributed by atoms with Gasteiger partial charge in [-0.3, -0.25) is 38.4 Å². The summed E-state index contributed by atoms with van der Waals surface area (Å²) in [5, 5.41) is 33.5. The van der Waals surface area contributed by atoms with Gasteiger partial charge < -0.3 is 58.4 Å². The van der Waals surface area contributed by atoms with E-state index in [0.29, 0.717) is 36.0 Å². The van der Waals surface area contributed by atoms with Crippen molar-refractivity contribution in [2.75, 3.05) is 0 Å². The van der Waals surface area contributed by atoms with E-state index in [1.165, 1.54) is 0 Å². The second-order valence-corrected chi connectivity index (χ2v) is 23.7. The fraction of sp³-hybridized carbons (Fsp3) is 0.547. The van der Waals surface area contributed by atoms with Crippen molar-refractivity contribution in [2.45, 2.75) is 189 Å². The summed E-state index contributed by atoms with van der Waals surface area (Å²) in [7, 11) is 0. The zero-order chi connectivity index (χ0) is 62.4. The van der Waals surface area contributed by atoms with Crippen molar-refractivity contribution in [2.24, 2.45) is 41.2 Å². The fourth-order valence-electron chi connectivity index (χ4n) is 9.78. The molecule has 0 radical (unpaired) electrons. The number of carboxylic acids is 1. The van der Waals surface area contributed by atoms with E-state index >= 15 is 4.79 Å². The van der Waals surface area contributed by atoms with E-state index in [1.807, 2.05) is 86.6 Å². The molecule has 460 valence electrons. The first kappa shape index (κ1) is 68.9. The molecule has 0 spiro atoms. The molecule has 0 saturated heterocycles. The van der Waals surface area contributed by atoms with Crippen LogP contribution in [0.1, 0.15) is 132 Å². The number of nitrogens with two attached hydrogens (primary N) is 1. The van der Waals surface area contributed by atoms with Gasteiger partial charge in [-0.05, 0) is 71.1 Å². The number of nitrogens with one attached hydrogen (secondary N) is 9. The lowest BCUT2D eigenvalue weighted by Gasteiger charge is -2.31. The molecule has 84 heavy (non-hydrogen) atoms. The molecule has 0 saturated carbocycles. The van der Waals surface area contributed by atoms with Gasteiger partial charge in [0.05, 0.1) is 6.04 Å². The van der Waals surface area contributed by atoms with Crippen molar-refractivity contribution < 1.29 is 48.3 Å². The highest BCUT2D eigenvalue weighted by molar-refractivity contribution is 5.99. The second kappa shape index (κ2) is 33.6. The number of amides is 8. The number of aromatic amines is 1. The van der Waals surface area contributed by atoms with Crippen LogP contribution in [0.25, 0.3) is 10.9 Å². The number of carbonyl (C=O) groups is 9. The Hall–Kier alpha value is -7.61. The lowest BCUT2D eigenvalue weighted by molar-refractivity contribution is -0.142. The van der Waals surface area contributed by atoms with E-state index < -0.39 is 119 Å². The lowest BCUT2D eigenvalue weighted by atomic mass is 9.93. The van der Waals surface area contributed by atoms with Crippen LogP contribution in [0, 0.1) is 35.5 Å². The summed E-state index contributed by atoms with van der Waals surface area (Å²) in [4.78, 5) is 131. The van der Waals surface area contributed by atoms with Gasteiger partial charge in [0.2, 0.25) is 47.3 Å². The zero-order valence-corrected chi connectivity index (χ0v) is 51.2. The van der Waals surface area contributed by atoms with Crippen LogP contribution in [0.3, 0.4) is 0 Å². The molecule has 0 aliphatic rings. The smallest absolute Gasteiger partial charge is 0.326 e. The number of rotatable bonds is 34. The summed E-state index contributed by atoms with van der Waals surface area (Å²) in [5.74, 6) is -8.28.